The standard InChI is InChI=1S/C19H27N3/c1-21(2)15-6-16-22(3)19-12-9-17(10-13-19)8-11-18-7-4-5-14-20-18/h4-5,7-12,14,19H,6,13,15-16H2,1-3H3/p+2. The van der Waals surface area contributed by atoms with Gasteiger partial charge >= 0.3 is 0 Å². The summed E-state index contributed by atoms with van der Waals surface area (Å²) in [5.41, 5.74) is 2.42. The van der Waals surface area contributed by atoms with Gasteiger partial charge in [0.05, 0.1) is 20.6 Å². The van der Waals surface area contributed by atoms with Gasteiger partial charge in [0, 0.05) is 37.2 Å². The van der Waals surface area contributed by atoms with Gasteiger partial charge in [-0.3, -0.25) is 4.90 Å². The second kappa shape index (κ2) is 8.66. The Kier molecular flexibility index (Phi) is 6.56. The number of allylic oxidation sites excluding steroid dienone is 3. The van der Waals surface area contributed by atoms with Gasteiger partial charge in [-0.25, -0.2) is 4.98 Å². The highest BCUT2D eigenvalue weighted by molar-refractivity contribution is 5.50. The molecule has 1 aromatic rings. The molecule has 118 valence electrons. The van der Waals surface area contributed by atoms with Crippen molar-refractivity contribution in [3.63, 3.8) is 0 Å². The monoisotopic (exact) mass is 299 g/mol. The van der Waals surface area contributed by atoms with Crippen LogP contribution < -0.4 is 9.88 Å². The van der Waals surface area contributed by atoms with Crippen molar-refractivity contribution < 1.29 is 9.88 Å². The maximum atomic E-state index is 3.22. The number of H-pyrrole nitrogens is 1. The minimum Gasteiger partial charge on any atom is -0.340 e. The third kappa shape index (κ3) is 5.58. The van der Waals surface area contributed by atoms with Crippen molar-refractivity contribution in [3.05, 3.63) is 60.0 Å². The largest absolute Gasteiger partial charge is 0.340 e. The molecular formula is C19H29N3+2. The fourth-order valence-electron chi connectivity index (χ4n) is 2.62. The van der Waals surface area contributed by atoms with Gasteiger partial charge < -0.3 is 4.90 Å². The first-order chi connectivity index (χ1) is 10.6. The average Bonchev–Trinajstić information content (AvgIpc) is 2.54. The topological polar surface area (TPSA) is 21.8 Å². The molecule has 0 spiro atoms. The van der Waals surface area contributed by atoms with Crippen LogP contribution in [0.15, 0.2) is 54.3 Å². The summed E-state index contributed by atoms with van der Waals surface area (Å²) in [5.74, 6) is 0. The first-order valence-corrected chi connectivity index (χ1v) is 8.17. The molecule has 1 heterocycles. The van der Waals surface area contributed by atoms with Crippen LogP contribution in [0, 0.1) is 0 Å². The first-order valence-electron chi connectivity index (χ1n) is 8.17. The zero-order valence-electron chi connectivity index (χ0n) is 14.0. The lowest BCUT2D eigenvalue weighted by Crippen LogP contribution is -3.05. The molecule has 0 aliphatic heterocycles. The van der Waals surface area contributed by atoms with E-state index in [-0.39, 0.29) is 0 Å². The minimum atomic E-state index is 0.539. The van der Waals surface area contributed by atoms with Crippen LogP contribution in [0.25, 0.3) is 6.08 Å². The van der Waals surface area contributed by atoms with Crippen molar-refractivity contribution in [2.45, 2.75) is 18.9 Å². The van der Waals surface area contributed by atoms with Crippen molar-refractivity contribution in [3.8, 4) is 0 Å². The van der Waals surface area contributed by atoms with Crippen LogP contribution in [0.3, 0.4) is 0 Å². The average molecular weight is 299 g/mol. The van der Waals surface area contributed by atoms with Crippen molar-refractivity contribution in [2.24, 2.45) is 0 Å². The molecule has 1 unspecified atom stereocenters. The van der Waals surface area contributed by atoms with Crippen LogP contribution in [0.1, 0.15) is 18.5 Å². The third-order valence-electron chi connectivity index (χ3n) is 4.05. The zero-order valence-corrected chi connectivity index (χ0v) is 14.0. The second-order valence-corrected chi connectivity index (χ2v) is 6.31. The van der Waals surface area contributed by atoms with Crippen LogP contribution in [-0.4, -0.2) is 45.2 Å². The molecule has 2 N–H and O–H groups in total. The van der Waals surface area contributed by atoms with E-state index >= 15 is 0 Å². The van der Waals surface area contributed by atoms with Gasteiger partial charge in [-0.15, -0.1) is 0 Å². The molecule has 0 amide bonds. The fourth-order valence-corrected chi connectivity index (χ4v) is 2.62. The van der Waals surface area contributed by atoms with E-state index in [1.54, 1.807) is 0 Å². The molecule has 3 heteroatoms. The number of hydrogen-bond donors (Lipinski definition) is 1. The maximum Gasteiger partial charge on any atom is 0.203 e. The molecule has 0 saturated carbocycles. The van der Waals surface area contributed by atoms with E-state index in [1.165, 1.54) is 23.4 Å². The van der Waals surface area contributed by atoms with E-state index in [0.29, 0.717) is 6.04 Å². The second-order valence-electron chi connectivity index (χ2n) is 6.31. The van der Waals surface area contributed by atoms with E-state index in [2.05, 4.69) is 67.5 Å². The number of hydrogen-bond acceptors (Lipinski definition) is 1. The summed E-state index contributed by atoms with van der Waals surface area (Å²) in [6.45, 7) is 2.40. The van der Waals surface area contributed by atoms with Crippen LogP contribution in [0.5, 0.6) is 0 Å². The highest BCUT2D eigenvalue weighted by Crippen LogP contribution is 2.16. The summed E-state index contributed by atoms with van der Waals surface area (Å²) in [6, 6.07) is 6.65. The molecule has 0 fully saturated rings. The van der Waals surface area contributed by atoms with Gasteiger partial charge in [-0.05, 0) is 31.2 Å². The van der Waals surface area contributed by atoms with Crippen LogP contribution in [0.2, 0.25) is 0 Å². The minimum absolute atomic E-state index is 0.539. The molecule has 1 atom stereocenters. The summed E-state index contributed by atoms with van der Waals surface area (Å²) in [4.78, 5) is 7.20. The van der Waals surface area contributed by atoms with E-state index in [9.17, 15) is 0 Å². The summed E-state index contributed by atoms with van der Waals surface area (Å²) in [6.07, 6.45) is 15.5. The lowest BCUT2D eigenvalue weighted by molar-refractivity contribution is -0.858. The third-order valence-corrected chi connectivity index (χ3v) is 4.05. The molecular weight excluding hydrogens is 270 g/mol. The molecule has 1 aliphatic rings. The van der Waals surface area contributed by atoms with Gasteiger partial charge in [0.2, 0.25) is 5.69 Å². The van der Waals surface area contributed by atoms with Gasteiger partial charge in [0.1, 0.15) is 0 Å². The van der Waals surface area contributed by atoms with Gasteiger partial charge in [0.25, 0.3) is 0 Å². The summed E-state index contributed by atoms with van der Waals surface area (Å²) in [7, 11) is 6.66. The quantitative estimate of drug-likeness (QED) is 0.804. The number of pyridine rings is 1. The van der Waals surface area contributed by atoms with Crippen LogP contribution in [-0.2, 0) is 0 Å². The number of nitrogens with one attached hydrogen (secondary N) is 2. The highest BCUT2D eigenvalue weighted by atomic mass is 15.1. The predicted molar refractivity (Wildman–Crippen MR) is 92.6 cm³/mol. The summed E-state index contributed by atoms with van der Waals surface area (Å²) in [5, 5.41) is 0. The Bertz CT molecular complexity index is 529. The van der Waals surface area contributed by atoms with Crippen molar-refractivity contribution in [1.29, 1.82) is 0 Å². The molecule has 3 nitrogen and oxygen atoms in total. The molecule has 2 rings (SSSR count). The molecule has 1 aromatic heterocycles. The van der Waals surface area contributed by atoms with Crippen LogP contribution >= 0.6 is 0 Å². The summed E-state index contributed by atoms with van der Waals surface area (Å²) < 4.78 is 0. The highest BCUT2D eigenvalue weighted by Gasteiger charge is 2.13. The zero-order chi connectivity index (χ0) is 15.8. The Morgan fingerprint density at radius 3 is 2.82 bits per heavy atom. The Hall–Kier alpha value is -1.71. The number of aromatic nitrogens is 1. The van der Waals surface area contributed by atoms with Crippen LogP contribution in [0.4, 0.5) is 0 Å². The Morgan fingerprint density at radius 2 is 2.18 bits per heavy atom. The van der Waals surface area contributed by atoms with E-state index < -0.39 is 0 Å². The molecule has 1 aliphatic carbocycles. The smallest absolute Gasteiger partial charge is 0.203 e. The first kappa shape index (κ1) is 16.7. The normalized spacial score (nSPS) is 18.4. The molecule has 0 bridgehead atoms. The number of likely N-dealkylation sites (N-methyl/N-ethyl adjacent to an activating group) is 1. The van der Waals surface area contributed by atoms with Crippen molar-refractivity contribution in [2.75, 3.05) is 34.2 Å². The van der Waals surface area contributed by atoms with Gasteiger partial charge in [0.15, 0.2) is 6.20 Å². The number of rotatable bonds is 7. The molecule has 22 heavy (non-hydrogen) atoms. The van der Waals surface area contributed by atoms with Gasteiger partial charge in [-0.2, -0.15) is 0 Å². The maximum absolute atomic E-state index is 3.22. The fraction of sp³-hybridized carbons (Fsp3) is 0.421. The SMILES string of the molecule is CN(CCC[NH+](C)C)C1C=CC(C=Cc2cccc[nH+]2)=CC1. The van der Waals surface area contributed by atoms with Gasteiger partial charge in [-0.1, -0.05) is 18.2 Å². The molecule has 0 saturated heterocycles. The Labute approximate surface area is 134 Å². The molecule has 0 aromatic carbocycles. The number of nitrogens with zero attached hydrogens (tertiary/aromatic N) is 1. The van der Waals surface area contributed by atoms with E-state index in [4.69, 9.17) is 0 Å². The lowest BCUT2D eigenvalue weighted by Gasteiger charge is -2.26. The molecule has 0 radical (unpaired) electrons. The number of quaternary nitrogens is 1. The predicted octanol–water partition coefficient (Wildman–Crippen LogP) is 1.24. The summed E-state index contributed by atoms with van der Waals surface area (Å²) >= 11 is 0. The Balaban J connectivity index is 1.80. The Morgan fingerprint density at radius 1 is 1.32 bits per heavy atom. The lowest BCUT2D eigenvalue weighted by atomic mass is 10.0. The van der Waals surface area contributed by atoms with Crippen molar-refractivity contribution >= 4 is 6.08 Å². The van der Waals surface area contributed by atoms with E-state index in [1.807, 2.05) is 18.3 Å². The number of aromatic amines is 1. The van der Waals surface area contributed by atoms with Crippen molar-refractivity contribution in [1.82, 2.24) is 4.90 Å². The van der Waals surface area contributed by atoms with E-state index in [0.717, 1.165) is 18.7 Å².